The molecule has 0 spiro atoms. The van der Waals surface area contributed by atoms with E-state index in [-0.39, 0.29) is 5.91 Å². The van der Waals surface area contributed by atoms with E-state index in [0.29, 0.717) is 24.3 Å². The molecular weight excluding hydrogens is 398 g/mol. The molecular formula is C20H21NO3S3. The molecule has 0 saturated carbocycles. The van der Waals surface area contributed by atoms with Crippen molar-refractivity contribution in [3.8, 4) is 10.4 Å². The van der Waals surface area contributed by atoms with Crippen LogP contribution in [0.25, 0.3) is 10.4 Å². The first-order valence-electron chi connectivity index (χ1n) is 8.59. The van der Waals surface area contributed by atoms with Crippen LogP contribution < -0.4 is 5.32 Å². The van der Waals surface area contributed by atoms with E-state index in [4.69, 9.17) is 0 Å². The largest absolute Gasteiger partial charge is 0.356 e. The lowest BCUT2D eigenvalue weighted by Gasteiger charge is -2.05. The van der Waals surface area contributed by atoms with Gasteiger partial charge in [-0.3, -0.25) is 4.79 Å². The van der Waals surface area contributed by atoms with Gasteiger partial charge in [0, 0.05) is 34.5 Å². The van der Waals surface area contributed by atoms with Crippen LogP contribution in [-0.4, -0.2) is 27.1 Å². The zero-order valence-corrected chi connectivity index (χ0v) is 17.4. The second kappa shape index (κ2) is 8.82. The van der Waals surface area contributed by atoms with Crippen molar-refractivity contribution in [2.45, 2.75) is 24.2 Å². The van der Waals surface area contributed by atoms with Crippen LogP contribution in [0.2, 0.25) is 0 Å². The number of nitrogens with one attached hydrogen (secondary N) is 1. The van der Waals surface area contributed by atoms with Crippen LogP contribution in [0.3, 0.4) is 0 Å². The highest BCUT2D eigenvalue weighted by molar-refractivity contribution is 7.90. The smallest absolute Gasteiger partial charge is 0.220 e. The monoisotopic (exact) mass is 419 g/mol. The molecule has 27 heavy (non-hydrogen) atoms. The van der Waals surface area contributed by atoms with Crippen LogP contribution in [0, 0.1) is 0 Å². The first kappa shape index (κ1) is 19.8. The molecule has 0 aliphatic rings. The third-order valence-electron chi connectivity index (χ3n) is 4.15. The molecule has 2 aromatic heterocycles. The van der Waals surface area contributed by atoms with Gasteiger partial charge in [-0.25, -0.2) is 8.42 Å². The summed E-state index contributed by atoms with van der Waals surface area (Å²) >= 11 is 3.45. The second-order valence-corrected chi connectivity index (χ2v) is 10.3. The Labute approximate surface area is 167 Å². The predicted molar refractivity (Wildman–Crippen MR) is 112 cm³/mol. The van der Waals surface area contributed by atoms with Crippen molar-refractivity contribution in [2.24, 2.45) is 0 Å². The zero-order valence-electron chi connectivity index (χ0n) is 15.0. The van der Waals surface area contributed by atoms with Crippen LogP contribution in [-0.2, 0) is 27.5 Å². The topological polar surface area (TPSA) is 63.2 Å². The maximum absolute atomic E-state index is 12.0. The summed E-state index contributed by atoms with van der Waals surface area (Å²) in [4.78, 5) is 14.8. The van der Waals surface area contributed by atoms with Crippen molar-refractivity contribution >= 4 is 38.4 Å². The van der Waals surface area contributed by atoms with Gasteiger partial charge in [0.25, 0.3) is 0 Å². The second-order valence-electron chi connectivity index (χ2n) is 6.29. The Balaban J connectivity index is 1.41. The van der Waals surface area contributed by atoms with E-state index in [1.807, 2.05) is 0 Å². The predicted octanol–water partition coefficient (Wildman–Crippen LogP) is 4.17. The van der Waals surface area contributed by atoms with Gasteiger partial charge < -0.3 is 5.32 Å². The van der Waals surface area contributed by atoms with Gasteiger partial charge in [0.05, 0.1) is 4.90 Å². The van der Waals surface area contributed by atoms with Crippen LogP contribution in [0.4, 0.5) is 0 Å². The molecule has 0 atom stereocenters. The number of hydrogen-bond acceptors (Lipinski definition) is 5. The molecule has 0 saturated heterocycles. The van der Waals surface area contributed by atoms with Gasteiger partial charge in [-0.05, 0) is 59.5 Å². The van der Waals surface area contributed by atoms with Gasteiger partial charge in [-0.15, -0.1) is 11.3 Å². The fourth-order valence-electron chi connectivity index (χ4n) is 2.65. The van der Waals surface area contributed by atoms with Crippen LogP contribution in [0.15, 0.2) is 58.1 Å². The molecule has 3 aromatic rings. The van der Waals surface area contributed by atoms with E-state index < -0.39 is 9.84 Å². The van der Waals surface area contributed by atoms with E-state index in [0.717, 1.165) is 12.0 Å². The Morgan fingerprint density at radius 1 is 1.04 bits per heavy atom. The molecule has 0 aliphatic carbocycles. The molecule has 1 N–H and O–H groups in total. The van der Waals surface area contributed by atoms with Gasteiger partial charge in [-0.1, -0.05) is 12.1 Å². The normalized spacial score (nSPS) is 11.4. The summed E-state index contributed by atoms with van der Waals surface area (Å²) in [5.41, 5.74) is 2.21. The molecule has 0 bridgehead atoms. The number of rotatable bonds is 8. The van der Waals surface area contributed by atoms with Crippen LogP contribution >= 0.6 is 22.7 Å². The summed E-state index contributed by atoms with van der Waals surface area (Å²) in [5, 5.41) is 7.17. The zero-order chi connectivity index (χ0) is 19.3. The van der Waals surface area contributed by atoms with Crippen molar-refractivity contribution in [2.75, 3.05) is 12.8 Å². The minimum Gasteiger partial charge on any atom is -0.356 e. The quantitative estimate of drug-likeness (QED) is 0.596. The minimum absolute atomic E-state index is 0.0109. The lowest BCUT2D eigenvalue weighted by molar-refractivity contribution is -0.121. The molecule has 0 unspecified atom stereocenters. The summed E-state index contributed by atoms with van der Waals surface area (Å²) in [6.45, 7) is 0.620. The lowest BCUT2D eigenvalue weighted by Crippen LogP contribution is -2.25. The lowest BCUT2D eigenvalue weighted by atomic mass is 10.1. The van der Waals surface area contributed by atoms with Gasteiger partial charge in [0.2, 0.25) is 5.91 Å². The van der Waals surface area contributed by atoms with Crippen LogP contribution in [0.1, 0.15) is 16.9 Å². The Morgan fingerprint density at radius 2 is 1.81 bits per heavy atom. The maximum Gasteiger partial charge on any atom is 0.220 e. The average Bonchev–Trinajstić information content (AvgIpc) is 3.31. The molecule has 142 valence electrons. The van der Waals surface area contributed by atoms with Crippen molar-refractivity contribution in [1.82, 2.24) is 5.32 Å². The Bertz CT molecular complexity index is 988. The number of amides is 1. The van der Waals surface area contributed by atoms with E-state index in [9.17, 15) is 13.2 Å². The van der Waals surface area contributed by atoms with Crippen molar-refractivity contribution in [3.63, 3.8) is 0 Å². The van der Waals surface area contributed by atoms with E-state index in [1.54, 1.807) is 46.9 Å². The standard InChI is InChI=1S/C20H21NO3S3/c1-27(23,24)18-6-2-15(3-7-18)4-9-20(22)21-12-10-17-5-8-19(26-17)16-11-13-25-14-16/h2-3,5-8,11,13-14H,4,9-10,12H2,1H3,(H,21,22). The fraction of sp³-hybridized carbons (Fsp3) is 0.250. The van der Waals surface area contributed by atoms with E-state index in [2.05, 4.69) is 34.3 Å². The highest BCUT2D eigenvalue weighted by atomic mass is 32.2. The third kappa shape index (κ3) is 5.76. The number of hydrogen-bond donors (Lipinski definition) is 1. The van der Waals surface area contributed by atoms with Crippen LogP contribution in [0.5, 0.6) is 0 Å². The molecule has 2 heterocycles. The third-order valence-corrected chi connectivity index (χ3v) is 7.16. The number of thiophene rings is 2. The molecule has 0 fully saturated rings. The Hall–Kier alpha value is -1.96. The Morgan fingerprint density at radius 3 is 2.48 bits per heavy atom. The molecule has 3 rings (SSSR count). The maximum atomic E-state index is 12.0. The molecule has 4 nitrogen and oxygen atoms in total. The van der Waals surface area contributed by atoms with Crippen molar-refractivity contribution < 1.29 is 13.2 Å². The summed E-state index contributed by atoms with van der Waals surface area (Å²) < 4.78 is 22.9. The average molecular weight is 420 g/mol. The van der Waals surface area contributed by atoms with Crippen molar-refractivity contribution in [3.05, 3.63) is 63.7 Å². The Kier molecular flexibility index (Phi) is 6.46. The molecule has 1 amide bonds. The molecule has 0 aliphatic heterocycles. The summed E-state index contributed by atoms with van der Waals surface area (Å²) in [6.07, 6.45) is 3.00. The van der Waals surface area contributed by atoms with E-state index >= 15 is 0 Å². The minimum atomic E-state index is -3.18. The number of benzene rings is 1. The number of sulfone groups is 1. The van der Waals surface area contributed by atoms with Gasteiger partial charge in [0.15, 0.2) is 9.84 Å². The number of carbonyl (C=O) groups excluding carboxylic acids is 1. The molecule has 7 heteroatoms. The van der Waals surface area contributed by atoms with Crippen molar-refractivity contribution in [1.29, 1.82) is 0 Å². The highest BCUT2D eigenvalue weighted by Gasteiger charge is 2.08. The molecule has 0 radical (unpaired) electrons. The fourth-order valence-corrected chi connectivity index (χ4v) is 5.01. The van der Waals surface area contributed by atoms with Gasteiger partial charge in [0.1, 0.15) is 0 Å². The highest BCUT2D eigenvalue weighted by Crippen LogP contribution is 2.29. The number of carbonyl (C=O) groups is 1. The first-order valence-corrected chi connectivity index (χ1v) is 12.2. The van der Waals surface area contributed by atoms with Gasteiger partial charge >= 0.3 is 0 Å². The summed E-state index contributed by atoms with van der Waals surface area (Å²) in [5.74, 6) is 0.0109. The van der Waals surface area contributed by atoms with Gasteiger partial charge in [-0.2, -0.15) is 11.3 Å². The summed E-state index contributed by atoms with van der Waals surface area (Å²) in [6, 6.07) is 13.1. The summed E-state index contributed by atoms with van der Waals surface area (Å²) in [7, 11) is -3.18. The first-order chi connectivity index (χ1) is 12.9. The number of aryl methyl sites for hydroxylation is 1. The van der Waals surface area contributed by atoms with E-state index in [1.165, 1.54) is 21.6 Å². The SMILES string of the molecule is CS(=O)(=O)c1ccc(CCC(=O)NCCc2ccc(-c3ccsc3)s2)cc1. The molecule has 1 aromatic carbocycles.